The molecule has 2 aromatic rings. The van der Waals surface area contributed by atoms with Gasteiger partial charge in [0.1, 0.15) is 12.7 Å². The summed E-state index contributed by atoms with van der Waals surface area (Å²) in [4.78, 5) is 6.38. The molecule has 1 N–H and O–H groups in total. The van der Waals surface area contributed by atoms with E-state index in [1.165, 1.54) is 11.1 Å². The van der Waals surface area contributed by atoms with E-state index in [0.29, 0.717) is 0 Å². The maximum Gasteiger partial charge on any atom is 0.138 e. The maximum atomic E-state index is 9.54. The largest absolute Gasteiger partial charge is 0.393 e. The summed E-state index contributed by atoms with van der Waals surface area (Å²) in [6.07, 6.45) is 4.93. The van der Waals surface area contributed by atoms with Gasteiger partial charge in [0.05, 0.1) is 11.8 Å². The molecule has 1 aromatic carbocycles. The van der Waals surface area contributed by atoms with E-state index < -0.39 is 0 Å². The second kappa shape index (κ2) is 5.73. The van der Waals surface area contributed by atoms with Crippen molar-refractivity contribution >= 4 is 0 Å². The zero-order chi connectivity index (χ0) is 13.9. The fourth-order valence-electron chi connectivity index (χ4n) is 2.74. The van der Waals surface area contributed by atoms with Crippen LogP contribution in [-0.4, -0.2) is 44.0 Å². The van der Waals surface area contributed by atoms with Crippen molar-refractivity contribution in [2.45, 2.75) is 32.4 Å². The summed E-state index contributed by atoms with van der Waals surface area (Å²) in [6, 6.07) is 6.45. The molecule has 3 rings (SSSR count). The molecule has 0 unspecified atom stereocenters. The molecule has 0 saturated carbocycles. The summed E-state index contributed by atoms with van der Waals surface area (Å²) < 4.78 is 1.79. The minimum Gasteiger partial charge on any atom is -0.393 e. The van der Waals surface area contributed by atoms with E-state index in [2.05, 4.69) is 40.1 Å². The van der Waals surface area contributed by atoms with E-state index in [0.717, 1.165) is 38.2 Å². The molecule has 1 saturated heterocycles. The molecule has 0 radical (unpaired) electrons. The topological polar surface area (TPSA) is 54.2 Å². The molecule has 20 heavy (non-hydrogen) atoms. The third kappa shape index (κ3) is 2.89. The molecule has 1 fully saturated rings. The molecule has 5 heteroatoms. The van der Waals surface area contributed by atoms with Crippen molar-refractivity contribution in [3.05, 3.63) is 42.0 Å². The molecule has 5 nitrogen and oxygen atoms in total. The lowest BCUT2D eigenvalue weighted by Gasteiger charge is -2.29. The Morgan fingerprint density at radius 1 is 1.30 bits per heavy atom. The first-order valence-electron chi connectivity index (χ1n) is 7.07. The first-order chi connectivity index (χ1) is 9.72. The Bertz CT molecular complexity index is 559. The van der Waals surface area contributed by atoms with Gasteiger partial charge in [0.15, 0.2) is 0 Å². The van der Waals surface area contributed by atoms with E-state index >= 15 is 0 Å². The van der Waals surface area contributed by atoms with Crippen LogP contribution in [0, 0.1) is 6.92 Å². The molecule has 2 heterocycles. The number of nitrogens with zero attached hydrogens (tertiary/aromatic N) is 4. The quantitative estimate of drug-likeness (QED) is 0.920. The highest BCUT2D eigenvalue weighted by Crippen LogP contribution is 2.18. The van der Waals surface area contributed by atoms with Gasteiger partial charge in [-0.25, -0.2) is 9.67 Å². The molecule has 0 spiro atoms. The number of aliphatic hydroxyl groups excluding tert-OH is 1. The van der Waals surface area contributed by atoms with Gasteiger partial charge in [0, 0.05) is 19.6 Å². The highest BCUT2D eigenvalue weighted by Gasteiger charge is 2.17. The number of aliphatic hydroxyl groups is 1. The third-order valence-corrected chi connectivity index (χ3v) is 3.89. The first-order valence-corrected chi connectivity index (χ1v) is 7.07. The second-order valence-electron chi connectivity index (χ2n) is 5.47. The lowest BCUT2D eigenvalue weighted by Crippen LogP contribution is -2.35. The van der Waals surface area contributed by atoms with E-state index in [-0.39, 0.29) is 6.10 Å². The lowest BCUT2D eigenvalue weighted by molar-refractivity contribution is 0.0792. The molecule has 106 valence electrons. The number of rotatable bonds is 3. The zero-order valence-electron chi connectivity index (χ0n) is 11.7. The van der Waals surface area contributed by atoms with Crippen LogP contribution in [0.3, 0.4) is 0 Å². The van der Waals surface area contributed by atoms with Crippen LogP contribution in [-0.2, 0) is 6.54 Å². The van der Waals surface area contributed by atoms with Crippen molar-refractivity contribution in [1.82, 2.24) is 19.7 Å². The minimum atomic E-state index is -0.109. The normalized spacial score (nSPS) is 17.5. The molecule has 0 bridgehead atoms. The molecular weight excluding hydrogens is 252 g/mol. The van der Waals surface area contributed by atoms with Crippen LogP contribution in [0.2, 0.25) is 0 Å². The number of benzene rings is 1. The summed E-state index contributed by atoms with van der Waals surface area (Å²) in [5.74, 6) is 0. The van der Waals surface area contributed by atoms with Gasteiger partial charge in [-0.2, -0.15) is 5.10 Å². The van der Waals surface area contributed by atoms with Crippen molar-refractivity contribution in [1.29, 1.82) is 0 Å². The van der Waals surface area contributed by atoms with Gasteiger partial charge in [-0.3, -0.25) is 4.90 Å². The van der Waals surface area contributed by atoms with Gasteiger partial charge in [0.25, 0.3) is 0 Å². The lowest BCUT2D eigenvalue weighted by atomic mass is 10.1. The van der Waals surface area contributed by atoms with E-state index in [4.69, 9.17) is 0 Å². The molecule has 1 aliphatic rings. The smallest absolute Gasteiger partial charge is 0.138 e. The predicted octanol–water partition coefficient (Wildman–Crippen LogP) is 1.53. The van der Waals surface area contributed by atoms with E-state index in [1.807, 2.05) is 0 Å². The minimum absolute atomic E-state index is 0.109. The number of aryl methyl sites for hydroxylation is 1. The van der Waals surface area contributed by atoms with Crippen LogP contribution in [0.4, 0.5) is 0 Å². The van der Waals surface area contributed by atoms with Crippen LogP contribution in [0.15, 0.2) is 30.9 Å². The maximum absolute atomic E-state index is 9.54. The van der Waals surface area contributed by atoms with Gasteiger partial charge in [-0.15, -0.1) is 0 Å². The number of aromatic nitrogens is 3. The summed E-state index contributed by atoms with van der Waals surface area (Å²) in [5, 5.41) is 13.7. The van der Waals surface area contributed by atoms with Crippen molar-refractivity contribution in [3.63, 3.8) is 0 Å². The fourth-order valence-corrected chi connectivity index (χ4v) is 2.74. The second-order valence-corrected chi connectivity index (χ2v) is 5.47. The molecular formula is C15H20N4O. The summed E-state index contributed by atoms with van der Waals surface area (Å²) >= 11 is 0. The van der Waals surface area contributed by atoms with Gasteiger partial charge < -0.3 is 5.11 Å². The van der Waals surface area contributed by atoms with Crippen molar-refractivity contribution in [3.8, 4) is 5.69 Å². The highest BCUT2D eigenvalue weighted by atomic mass is 16.3. The van der Waals surface area contributed by atoms with Crippen LogP contribution < -0.4 is 0 Å². The third-order valence-electron chi connectivity index (χ3n) is 3.89. The Labute approximate surface area is 118 Å². The standard InChI is InChI=1S/C15H20N4O/c1-12-8-13(9-18-6-4-14(20)5-7-18)2-3-15(12)19-11-16-10-17-19/h2-3,8,10-11,14,20H,4-7,9H2,1H3. The van der Waals surface area contributed by atoms with Crippen molar-refractivity contribution in [2.24, 2.45) is 0 Å². The Morgan fingerprint density at radius 3 is 2.75 bits per heavy atom. The Balaban J connectivity index is 1.71. The summed E-state index contributed by atoms with van der Waals surface area (Å²) in [5.41, 5.74) is 3.58. The monoisotopic (exact) mass is 272 g/mol. The Morgan fingerprint density at radius 2 is 2.10 bits per heavy atom. The van der Waals surface area contributed by atoms with Crippen LogP contribution >= 0.6 is 0 Å². The predicted molar refractivity (Wildman–Crippen MR) is 76.6 cm³/mol. The van der Waals surface area contributed by atoms with Crippen LogP contribution in [0.5, 0.6) is 0 Å². The highest BCUT2D eigenvalue weighted by molar-refractivity contribution is 5.41. The van der Waals surface area contributed by atoms with Crippen molar-refractivity contribution < 1.29 is 5.11 Å². The van der Waals surface area contributed by atoms with Crippen molar-refractivity contribution in [2.75, 3.05) is 13.1 Å². The fraction of sp³-hybridized carbons (Fsp3) is 0.467. The van der Waals surface area contributed by atoms with Crippen LogP contribution in [0.25, 0.3) is 5.69 Å². The molecule has 1 aliphatic heterocycles. The Kier molecular flexibility index (Phi) is 3.80. The SMILES string of the molecule is Cc1cc(CN2CCC(O)CC2)ccc1-n1cncn1. The average molecular weight is 272 g/mol. The number of hydrogen-bond acceptors (Lipinski definition) is 4. The number of likely N-dealkylation sites (tertiary alicyclic amines) is 1. The van der Waals surface area contributed by atoms with Crippen LogP contribution in [0.1, 0.15) is 24.0 Å². The number of piperidine rings is 1. The molecule has 1 aromatic heterocycles. The summed E-state index contributed by atoms with van der Waals surface area (Å²) in [7, 11) is 0. The van der Waals surface area contributed by atoms with Gasteiger partial charge in [-0.05, 0) is 37.0 Å². The van der Waals surface area contributed by atoms with Gasteiger partial charge in [-0.1, -0.05) is 12.1 Å². The Hall–Kier alpha value is -1.72. The van der Waals surface area contributed by atoms with Gasteiger partial charge in [0.2, 0.25) is 0 Å². The first kappa shape index (κ1) is 13.3. The average Bonchev–Trinajstić information content (AvgIpc) is 2.95. The number of hydrogen-bond donors (Lipinski definition) is 1. The van der Waals surface area contributed by atoms with Gasteiger partial charge >= 0.3 is 0 Å². The van der Waals surface area contributed by atoms with E-state index in [9.17, 15) is 5.11 Å². The molecule has 0 aliphatic carbocycles. The molecule has 0 atom stereocenters. The summed E-state index contributed by atoms with van der Waals surface area (Å²) in [6.45, 7) is 5.00. The zero-order valence-corrected chi connectivity index (χ0v) is 11.7. The van der Waals surface area contributed by atoms with E-state index in [1.54, 1.807) is 17.3 Å². The molecule has 0 amide bonds.